The Morgan fingerprint density at radius 2 is 2.03 bits per heavy atom. The Morgan fingerprint density at radius 3 is 2.79 bits per heavy atom. The molecule has 1 unspecified atom stereocenters. The molecule has 6 nitrogen and oxygen atoms in total. The lowest BCUT2D eigenvalue weighted by atomic mass is 10.1. The number of aryl methyl sites for hydroxylation is 1. The van der Waals surface area contributed by atoms with Crippen LogP contribution in [0.4, 0.5) is 11.5 Å². The molecular weight excluding hydrogens is 364 g/mol. The summed E-state index contributed by atoms with van der Waals surface area (Å²) in [6.07, 6.45) is 4.15. The number of pyridine rings is 1. The third-order valence-corrected chi connectivity index (χ3v) is 6.03. The van der Waals surface area contributed by atoms with Crippen LogP contribution in [-0.2, 0) is 4.74 Å². The Kier molecular flexibility index (Phi) is 6.00. The molecule has 2 aliphatic rings. The molecule has 154 valence electrons. The van der Waals surface area contributed by atoms with E-state index in [1.165, 1.54) is 16.8 Å². The first-order chi connectivity index (χ1) is 14.1. The maximum absolute atomic E-state index is 13.0. The Morgan fingerprint density at radius 1 is 1.21 bits per heavy atom. The van der Waals surface area contributed by atoms with E-state index in [4.69, 9.17) is 4.74 Å². The van der Waals surface area contributed by atoms with E-state index >= 15 is 0 Å². The number of aromatic nitrogens is 1. The lowest BCUT2D eigenvalue weighted by molar-refractivity contribution is 0.0746. The molecule has 4 rings (SSSR count). The predicted molar refractivity (Wildman–Crippen MR) is 116 cm³/mol. The predicted octanol–water partition coefficient (Wildman–Crippen LogP) is 3.25. The minimum atomic E-state index is 0.0770. The fourth-order valence-corrected chi connectivity index (χ4v) is 4.10. The van der Waals surface area contributed by atoms with Gasteiger partial charge in [0, 0.05) is 56.8 Å². The minimum Gasteiger partial charge on any atom is -0.376 e. The zero-order valence-corrected chi connectivity index (χ0v) is 17.4. The summed E-state index contributed by atoms with van der Waals surface area (Å²) in [6.45, 7) is 9.05. The van der Waals surface area contributed by atoms with Gasteiger partial charge >= 0.3 is 0 Å². The molecule has 1 atom stereocenters. The first-order valence-electron chi connectivity index (χ1n) is 10.5. The van der Waals surface area contributed by atoms with Crippen LogP contribution in [0.15, 0.2) is 36.5 Å². The highest BCUT2D eigenvalue weighted by atomic mass is 16.5. The van der Waals surface area contributed by atoms with Crippen molar-refractivity contribution in [2.24, 2.45) is 0 Å². The monoisotopic (exact) mass is 394 g/mol. The summed E-state index contributed by atoms with van der Waals surface area (Å²) < 4.78 is 5.64. The van der Waals surface area contributed by atoms with Gasteiger partial charge < -0.3 is 19.9 Å². The molecule has 1 aromatic carbocycles. The van der Waals surface area contributed by atoms with Crippen LogP contribution in [-0.4, -0.2) is 61.2 Å². The van der Waals surface area contributed by atoms with Gasteiger partial charge in [-0.25, -0.2) is 4.98 Å². The summed E-state index contributed by atoms with van der Waals surface area (Å²) >= 11 is 0. The van der Waals surface area contributed by atoms with Gasteiger partial charge in [-0.3, -0.25) is 4.79 Å². The van der Waals surface area contributed by atoms with E-state index in [2.05, 4.69) is 47.2 Å². The zero-order chi connectivity index (χ0) is 20.2. The summed E-state index contributed by atoms with van der Waals surface area (Å²) in [5, 5.41) is 3.31. The molecule has 1 aromatic heterocycles. The van der Waals surface area contributed by atoms with E-state index in [-0.39, 0.29) is 12.0 Å². The molecule has 0 spiro atoms. The number of ether oxygens (including phenoxy) is 1. The quantitative estimate of drug-likeness (QED) is 0.844. The molecule has 2 fully saturated rings. The second-order valence-corrected chi connectivity index (χ2v) is 7.94. The summed E-state index contributed by atoms with van der Waals surface area (Å²) in [6, 6.07) is 10.1. The Balaban J connectivity index is 1.35. The Labute approximate surface area is 172 Å². The lowest BCUT2D eigenvalue weighted by Gasteiger charge is -2.37. The van der Waals surface area contributed by atoms with Gasteiger partial charge in [0.2, 0.25) is 0 Å². The maximum Gasteiger partial charge on any atom is 0.254 e. The highest BCUT2D eigenvalue weighted by Crippen LogP contribution is 2.24. The highest BCUT2D eigenvalue weighted by Gasteiger charge is 2.23. The molecule has 0 bridgehead atoms. The van der Waals surface area contributed by atoms with Crippen molar-refractivity contribution in [3.63, 3.8) is 0 Å². The molecule has 0 radical (unpaired) electrons. The summed E-state index contributed by atoms with van der Waals surface area (Å²) in [5.41, 5.74) is 4.60. The Hall–Kier alpha value is -2.60. The number of carbonyl (C=O) groups excluding carboxylic acids is 1. The molecule has 1 N–H and O–H groups in total. The second-order valence-electron chi connectivity index (χ2n) is 7.94. The van der Waals surface area contributed by atoms with Crippen molar-refractivity contribution >= 4 is 17.4 Å². The summed E-state index contributed by atoms with van der Waals surface area (Å²) in [7, 11) is 0. The molecule has 29 heavy (non-hydrogen) atoms. The van der Waals surface area contributed by atoms with Gasteiger partial charge in [-0.2, -0.15) is 0 Å². The second kappa shape index (κ2) is 8.82. The SMILES string of the molecule is Cc1cccc(N2CCN(C(=O)c3ccnc(NCC4CCCO4)c3)CC2)c1C. The van der Waals surface area contributed by atoms with Crippen LogP contribution in [0.2, 0.25) is 0 Å². The molecule has 6 heteroatoms. The number of benzene rings is 1. The molecule has 2 saturated heterocycles. The van der Waals surface area contributed by atoms with Crippen LogP contribution in [0.5, 0.6) is 0 Å². The number of hydrogen-bond acceptors (Lipinski definition) is 5. The Bertz CT molecular complexity index is 856. The van der Waals surface area contributed by atoms with E-state index in [0.29, 0.717) is 5.56 Å². The molecule has 0 aliphatic carbocycles. The van der Waals surface area contributed by atoms with Crippen molar-refractivity contribution in [3.8, 4) is 0 Å². The average Bonchev–Trinajstić information content (AvgIpc) is 3.28. The molecule has 1 amide bonds. The van der Waals surface area contributed by atoms with E-state index in [1.807, 2.05) is 11.0 Å². The fourth-order valence-electron chi connectivity index (χ4n) is 4.10. The van der Waals surface area contributed by atoms with Crippen LogP contribution in [0.1, 0.15) is 34.3 Å². The molecular formula is C23H30N4O2. The number of nitrogens with one attached hydrogen (secondary N) is 1. The van der Waals surface area contributed by atoms with Gasteiger partial charge in [0.1, 0.15) is 5.82 Å². The number of carbonyl (C=O) groups is 1. The third-order valence-electron chi connectivity index (χ3n) is 6.03. The van der Waals surface area contributed by atoms with Crippen molar-refractivity contribution in [1.82, 2.24) is 9.88 Å². The molecule has 0 saturated carbocycles. The minimum absolute atomic E-state index is 0.0770. The van der Waals surface area contributed by atoms with E-state index in [1.54, 1.807) is 12.3 Å². The van der Waals surface area contributed by atoms with Gasteiger partial charge in [0.25, 0.3) is 5.91 Å². The number of anilines is 2. The molecule has 2 aliphatic heterocycles. The van der Waals surface area contributed by atoms with E-state index in [9.17, 15) is 4.79 Å². The number of hydrogen-bond donors (Lipinski definition) is 1. The van der Waals surface area contributed by atoms with Gasteiger partial charge in [-0.15, -0.1) is 0 Å². The largest absolute Gasteiger partial charge is 0.376 e. The van der Waals surface area contributed by atoms with Crippen LogP contribution < -0.4 is 10.2 Å². The van der Waals surface area contributed by atoms with Gasteiger partial charge in [0.15, 0.2) is 0 Å². The standard InChI is InChI=1S/C23H30N4O2/c1-17-5-3-7-21(18(17)2)26-10-12-27(13-11-26)23(28)19-8-9-24-22(15-19)25-16-20-6-4-14-29-20/h3,5,7-9,15,20H,4,6,10-14,16H2,1-2H3,(H,24,25). The first kappa shape index (κ1) is 19.7. The zero-order valence-electron chi connectivity index (χ0n) is 17.4. The van der Waals surface area contributed by atoms with Crippen molar-refractivity contribution in [2.75, 3.05) is 49.5 Å². The number of piperazine rings is 1. The maximum atomic E-state index is 13.0. The normalized spacial score (nSPS) is 19.4. The smallest absolute Gasteiger partial charge is 0.254 e. The van der Waals surface area contributed by atoms with Crippen LogP contribution in [0.3, 0.4) is 0 Å². The van der Waals surface area contributed by atoms with Crippen molar-refractivity contribution in [1.29, 1.82) is 0 Å². The van der Waals surface area contributed by atoms with Crippen molar-refractivity contribution in [3.05, 3.63) is 53.2 Å². The van der Waals surface area contributed by atoms with Gasteiger partial charge in [-0.05, 0) is 56.0 Å². The highest BCUT2D eigenvalue weighted by molar-refractivity contribution is 5.95. The summed E-state index contributed by atoms with van der Waals surface area (Å²) in [4.78, 5) is 21.7. The van der Waals surface area contributed by atoms with Gasteiger partial charge in [-0.1, -0.05) is 12.1 Å². The number of rotatable bonds is 5. The topological polar surface area (TPSA) is 57.7 Å². The average molecular weight is 395 g/mol. The van der Waals surface area contributed by atoms with Crippen LogP contribution in [0.25, 0.3) is 0 Å². The van der Waals surface area contributed by atoms with E-state index in [0.717, 1.165) is 58.0 Å². The first-order valence-corrected chi connectivity index (χ1v) is 10.5. The van der Waals surface area contributed by atoms with Crippen molar-refractivity contribution in [2.45, 2.75) is 32.8 Å². The third kappa shape index (κ3) is 4.53. The molecule has 3 heterocycles. The van der Waals surface area contributed by atoms with Crippen molar-refractivity contribution < 1.29 is 9.53 Å². The number of nitrogens with zero attached hydrogens (tertiary/aromatic N) is 3. The lowest BCUT2D eigenvalue weighted by Crippen LogP contribution is -2.49. The van der Waals surface area contributed by atoms with Crippen LogP contribution in [0, 0.1) is 13.8 Å². The van der Waals surface area contributed by atoms with E-state index < -0.39 is 0 Å². The van der Waals surface area contributed by atoms with Crippen LogP contribution >= 0.6 is 0 Å². The van der Waals surface area contributed by atoms with Gasteiger partial charge in [0.05, 0.1) is 6.10 Å². The fraction of sp³-hybridized carbons (Fsp3) is 0.478. The summed E-state index contributed by atoms with van der Waals surface area (Å²) in [5.74, 6) is 0.813. The molecule has 2 aromatic rings. The number of amides is 1.